The first-order valence-corrected chi connectivity index (χ1v) is 7.26. The second-order valence-corrected chi connectivity index (χ2v) is 5.77. The molecule has 0 aliphatic carbocycles. The van der Waals surface area contributed by atoms with Crippen LogP contribution in [0.15, 0.2) is 18.2 Å². The van der Waals surface area contributed by atoms with Gasteiger partial charge in [-0.15, -0.1) is 0 Å². The summed E-state index contributed by atoms with van der Waals surface area (Å²) < 4.78 is 0. The number of hydrogen-bond donors (Lipinski definition) is 3. The van der Waals surface area contributed by atoms with Gasteiger partial charge in [-0.2, -0.15) is 11.8 Å². The lowest BCUT2D eigenvalue weighted by Gasteiger charge is -2.22. The third-order valence-electron chi connectivity index (χ3n) is 3.22. The minimum Gasteiger partial charge on any atom is -0.478 e. The van der Waals surface area contributed by atoms with Crippen molar-refractivity contribution in [1.82, 2.24) is 0 Å². The van der Waals surface area contributed by atoms with Gasteiger partial charge < -0.3 is 16.2 Å². The van der Waals surface area contributed by atoms with E-state index in [1.54, 1.807) is 12.1 Å². The minimum atomic E-state index is -0.947. The Hall–Kier alpha value is -1.36. The molecule has 1 aliphatic rings. The Bertz CT molecular complexity index is 431. The number of carboxylic acids is 1. The van der Waals surface area contributed by atoms with Crippen molar-refractivity contribution in [3.63, 3.8) is 0 Å². The molecule has 1 aromatic rings. The molecule has 0 spiro atoms. The first-order valence-electron chi connectivity index (χ1n) is 6.11. The van der Waals surface area contributed by atoms with Gasteiger partial charge in [-0.3, -0.25) is 0 Å². The summed E-state index contributed by atoms with van der Waals surface area (Å²) in [5.74, 6) is 2.22. The molecule has 0 atom stereocenters. The Morgan fingerprint density at radius 1 is 1.44 bits per heavy atom. The van der Waals surface area contributed by atoms with Crippen molar-refractivity contribution >= 4 is 29.1 Å². The zero-order chi connectivity index (χ0) is 13.0. The number of benzene rings is 1. The van der Waals surface area contributed by atoms with Crippen LogP contribution in [0.2, 0.25) is 0 Å². The quantitative estimate of drug-likeness (QED) is 0.730. The van der Waals surface area contributed by atoms with Crippen LogP contribution in [0.3, 0.4) is 0 Å². The van der Waals surface area contributed by atoms with Gasteiger partial charge in [-0.1, -0.05) is 0 Å². The number of nitrogens with one attached hydrogen (secondary N) is 1. The van der Waals surface area contributed by atoms with E-state index < -0.39 is 5.97 Å². The maximum Gasteiger partial charge on any atom is 0.335 e. The second kappa shape index (κ2) is 6.00. The predicted molar refractivity (Wildman–Crippen MR) is 76.4 cm³/mol. The molecule has 0 saturated carbocycles. The summed E-state index contributed by atoms with van der Waals surface area (Å²) >= 11 is 2.01. The number of hydrogen-bond acceptors (Lipinski definition) is 4. The van der Waals surface area contributed by atoms with Gasteiger partial charge in [0.25, 0.3) is 0 Å². The molecule has 0 amide bonds. The molecule has 18 heavy (non-hydrogen) atoms. The lowest BCUT2D eigenvalue weighted by Crippen LogP contribution is -2.19. The van der Waals surface area contributed by atoms with Crippen molar-refractivity contribution < 1.29 is 9.90 Å². The van der Waals surface area contributed by atoms with Gasteiger partial charge in [0.15, 0.2) is 0 Å². The number of carboxylic acid groups (broad SMARTS) is 1. The van der Waals surface area contributed by atoms with Crippen LogP contribution in [-0.4, -0.2) is 29.1 Å². The van der Waals surface area contributed by atoms with Crippen molar-refractivity contribution in [1.29, 1.82) is 0 Å². The minimum absolute atomic E-state index is 0.229. The van der Waals surface area contributed by atoms with Gasteiger partial charge in [0, 0.05) is 6.54 Å². The van der Waals surface area contributed by atoms with E-state index in [0.29, 0.717) is 11.6 Å². The molecular formula is C13H18N2O2S. The van der Waals surface area contributed by atoms with E-state index in [-0.39, 0.29) is 5.56 Å². The van der Waals surface area contributed by atoms with Gasteiger partial charge >= 0.3 is 5.97 Å². The molecule has 2 rings (SSSR count). The van der Waals surface area contributed by atoms with Gasteiger partial charge in [-0.25, -0.2) is 4.79 Å². The summed E-state index contributed by atoms with van der Waals surface area (Å²) in [5.41, 5.74) is 7.41. The maximum absolute atomic E-state index is 10.8. The predicted octanol–water partition coefficient (Wildman–Crippen LogP) is 2.52. The van der Waals surface area contributed by atoms with Crippen molar-refractivity contribution in [2.24, 2.45) is 5.92 Å². The summed E-state index contributed by atoms with van der Waals surface area (Å²) in [6.07, 6.45) is 2.48. The Labute approximate surface area is 111 Å². The third kappa shape index (κ3) is 3.32. The van der Waals surface area contributed by atoms with Gasteiger partial charge in [0.1, 0.15) is 0 Å². The monoisotopic (exact) mass is 266 g/mol. The molecule has 1 saturated heterocycles. The molecule has 1 aliphatic heterocycles. The molecule has 0 bridgehead atoms. The van der Waals surface area contributed by atoms with Crippen LogP contribution in [0, 0.1) is 5.92 Å². The fourth-order valence-electron chi connectivity index (χ4n) is 2.06. The highest BCUT2D eigenvalue weighted by atomic mass is 32.2. The molecule has 5 heteroatoms. The molecular weight excluding hydrogens is 248 g/mol. The van der Waals surface area contributed by atoms with Crippen LogP contribution in [-0.2, 0) is 0 Å². The highest BCUT2D eigenvalue weighted by Gasteiger charge is 2.14. The van der Waals surface area contributed by atoms with Crippen LogP contribution in [0.1, 0.15) is 23.2 Å². The van der Waals surface area contributed by atoms with Crippen molar-refractivity contribution in [3.8, 4) is 0 Å². The van der Waals surface area contributed by atoms with E-state index in [2.05, 4.69) is 5.32 Å². The number of nitrogens with two attached hydrogens (primary N) is 1. The standard InChI is InChI=1S/C13H18N2O2S/c14-11-7-10(13(16)17)1-2-12(11)15-8-9-3-5-18-6-4-9/h1-2,7,9,15H,3-6,8,14H2,(H,16,17). The molecule has 0 radical (unpaired) electrons. The van der Waals surface area contributed by atoms with Crippen LogP contribution in [0.5, 0.6) is 0 Å². The Balaban J connectivity index is 1.94. The van der Waals surface area contributed by atoms with Crippen molar-refractivity contribution in [2.75, 3.05) is 29.1 Å². The SMILES string of the molecule is Nc1cc(C(=O)O)ccc1NCC1CCSCC1. The topological polar surface area (TPSA) is 75.4 Å². The molecule has 4 nitrogen and oxygen atoms in total. The average molecular weight is 266 g/mol. The van der Waals surface area contributed by atoms with Gasteiger partial charge in [-0.05, 0) is 48.5 Å². The lowest BCUT2D eigenvalue weighted by atomic mass is 10.0. The van der Waals surface area contributed by atoms with E-state index >= 15 is 0 Å². The van der Waals surface area contributed by atoms with Crippen LogP contribution in [0.4, 0.5) is 11.4 Å². The Kier molecular flexibility index (Phi) is 4.36. The number of anilines is 2. The van der Waals surface area contributed by atoms with Crippen molar-refractivity contribution in [3.05, 3.63) is 23.8 Å². The van der Waals surface area contributed by atoms with E-state index in [0.717, 1.165) is 12.2 Å². The highest BCUT2D eigenvalue weighted by molar-refractivity contribution is 7.99. The van der Waals surface area contributed by atoms with Gasteiger partial charge in [0.2, 0.25) is 0 Å². The lowest BCUT2D eigenvalue weighted by molar-refractivity contribution is 0.0697. The Morgan fingerprint density at radius 3 is 2.78 bits per heavy atom. The molecule has 0 unspecified atom stereocenters. The second-order valence-electron chi connectivity index (χ2n) is 4.54. The zero-order valence-corrected chi connectivity index (χ0v) is 11.0. The molecule has 1 fully saturated rings. The van der Waals surface area contributed by atoms with Gasteiger partial charge in [0.05, 0.1) is 16.9 Å². The third-order valence-corrected chi connectivity index (χ3v) is 4.27. The largest absolute Gasteiger partial charge is 0.478 e. The zero-order valence-electron chi connectivity index (χ0n) is 10.2. The van der Waals surface area contributed by atoms with Crippen LogP contribution in [0.25, 0.3) is 0 Å². The maximum atomic E-state index is 10.8. The Morgan fingerprint density at radius 2 is 2.17 bits per heavy atom. The summed E-state index contributed by atoms with van der Waals surface area (Å²) in [6, 6.07) is 4.83. The molecule has 1 aromatic carbocycles. The van der Waals surface area contributed by atoms with Crippen LogP contribution >= 0.6 is 11.8 Å². The first-order chi connectivity index (χ1) is 8.66. The normalized spacial score (nSPS) is 16.4. The fraction of sp³-hybridized carbons (Fsp3) is 0.462. The van der Waals surface area contributed by atoms with E-state index in [1.165, 1.54) is 30.4 Å². The number of aromatic carboxylic acids is 1. The van der Waals surface area contributed by atoms with E-state index in [4.69, 9.17) is 10.8 Å². The first kappa shape index (κ1) is 13.1. The number of carbonyl (C=O) groups is 1. The summed E-state index contributed by atoms with van der Waals surface area (Å²) in [5, 5.41) is 12.2. The van der Waals surface area contributed by atoms with E-state index in [9.17, 15) is 4.79 Å². The summed E-state index contributed by atoms with van der Waals surface area (Å²) in [6.45, 7) is 0.914. The summed E-state index contributed by atoms with van der Waals surface area (Å²) in [7, 11) is 0. The molecule has 1 heterocycles. The number of nitrogen functional groups attached to an aromatic ring is 1. The van der Waals surface area contributed by atoms with E-state index in [1.807, 2.05) is 11.8 Å². The smallest absolute Gasteiger partial charge is 0.335 e. The van der Waals surface area contributed by atoms with Crippen molar-refractivity contribution in [2.45, 2.75) is 12.8 Å². The van der Waals surface area contributed by atoms with Crippen LogP contribution < -0.4 is 11.1 Å². The number of thioether (sulfide) groups is 1. The highest BCUT2D eigenvalue weighted by Crippen LogP contribution is 2.25. The fourth-order valence-corrected chi connectivity index (χ4v) is 3.27. The average Bonchev–Trinajstić information content (AvgIpc) is 2.38. The molecule has 0 aromatic heterocycles. The molecule has 4 N–H and O–H groups in total. The number of rotatable bonds is 4. The summed E-state index contributed by atoms with van der Waals surface area (Å²) in [4.78, 5) is 10.8. The molecule has 98 valence electrons.